The predicted octanol–water partition coefficient (Wildman–Crippen LogP) is 4.65. The molecular formula is C31H32F3N3O6. The number of hydrogen-bond donors (Lipinski definition) is 3. The molecule has 1 aliphatic heterocycles. The minimum atomic E-state index is -5.08. The van der Waals surface area contributed by atoms with Gasteiger partial charge in [0.05, 0.1) is 23.7 Å². The molecule has 12 heteroatoms. The molecule has 0 aromatic heterocycles. The number of amides is 2. The van der Waals surface area contributed by atoms with E-state index in [0.717, 1.165) is 36.0 Å². The van der Waals surface area contributed by atoms with Gasteiger partial charge in [-0.05, 0) is 54.6 Å². The zero-order chi connectivity index (χ0) is 31.6. The van der Waals surface area contributed by atoms with E-state index in [4.69, 9.17) is 15.6 Å². The van der Waals surface area contributed by atoms with Crippen LogP contribution in [0.1, 0.15) is 52.4 Å². The van der Waals surface area contributed by atoms with E-state index < -0.39 is 24.2 Å². The Labute approximate surface area is 246 Å². The fourth-order valence-electron chi connectivity index (χ4n) is 4.67. The Morgan fingerprint density at radius 3 is 1.93 bits per heavy atom. The molecule has 0 saturated carbocycles. The third kappa shape index (κ3) is 8.89. The summed E-state index contributed by atoms with van der Waals surface area (Å²) in [6.07, 6.45) is -2.77. The second kappa shape index (κ2) is 15.0. The van der Waals surface area contributed by atoms with Crippen LogP contribution in [0.4, 0.5) is 18.9 Å². The summed E-state index contributed by atoms with van der Waals surface area (Å²) in [7, 11) is 0. The van der Waals surface area contributed by atoms with Crippen molar-refractivity contribution in [2.24, 2.45) is 5.73 Å². The summed E-state index contributed by atoms with van der Waals surface area (Å²) in [5.74, 6) is -4.37. The molecule has 228 valence electrons. The highest BCUT2D eigenvalue weighted by Crippen LogP contribution is 2.37. The lowest BCUT2D eigenvalue weighted by Gasteiger charge is -2.33. The van der Waals surface area contributed by atoms with Gasteiger partial charge in [-0.15, -0.1) is 0 Å². The summed E-state index contributed by atoms with van der Waals surface area (Å²) in [4.78, 5) is 50.7. The number of carboxylic acid groups (broad SMARTS) is 2. The van der Waals surface area contributed by atoms with Gasteiger partial charge in [0.1, 0.15) is 6.54 Å². The van der Waals surface area contributed by atoms with Crippen LogP contribution in [0.25, 0.3) is 0 Å². The molecule has 2 amide bonds. The summed E-state index contributed by atoms with van der Waals surface area (Å²) in [5, 5.41) is 16.3. The van der Waals surface area contributed by atoms with Crippen molar-refractivity contribution in [1.82, 2.24) is 4.90 Å². The van der Waals surface area contributed by atoms with E-state index >= 15 is 0 Å². The van der Waals surface area contributed by atoms with Crippen LogP contribution in [0.5, 0.6) is 0 Å². The summed E-state index contributed by atoms with van der Waals surface area (Å²) in [6.45, 7) is 0.371. The van der Waals surface area contributed by atoms with Crippen LogP contribution in [0, 0.1) is 0 Å². The molecule has 0 atom stereocenters. The first-order chi connectivity index (χ1) is 20.4. The third-order valence-electron chi connectivity index (χ3n) is 6.68. The van der Waals surface area contributed by atoms with Crippen LogP contribution in [-0.2, 0) is 20.8 Å². The molecule has 3 aromatic carbocycles. The van der Waals surface area contributed by atoms with Gasteiger partial charge in [-0.2, -0.15) is 13.2 Å². The van der Waals surface area contributed by atoms with Gasteiger partial charge >= 0.3 is 18.1 Å². The maximum absolute atomic E-state index is 13.8. The number of carboxylic acids is 2. The number of carbonyl (C=O) groups excluding carboxylic acids is 2. The number of anilines is 1. The second-order valence-electron chi connectivity index (χ2n) is 9.76. The van der Waals surface area contributed by atoms with Gasteiger partial charge in [-0.1, -0.05) is 66.7 Å². The van der Waals surface area contributed by atoms with Crippen molar-refractivity contribution >= 4 is 29.4 Å². The van der Waals surface area contributed by atoms with Crippen molar-refractivity contribution in [2.45, 2.75) is 37.9 Å². The first-order valence-electron chi connectivity index (χ1n) is 13.5. The average Bonchev–Trinajstić information content (AvgIpc) is 3.07. The number of nitrogens with zero attached hydrogens (tertiary/aromatic N) is 2. The van der Waals surface area contributed by atoms with E-state index in [1.165, 1.54) is 4.90 Å². The molecule has 9 nitrogen and oxygen atoms in total. The van der Waals surface area contributed by atoms with Crippen LogP contribution in [0.2, 0.25) is 0 Å². The van der Waals surface area contributed by atoms with Crippen molar-refractivity contribution in [3.63, 3.8) is 0 Å². The highest BCUT2D eigenvalue weighted by molar-refractivity contribution is 6.10. The van der Waals surface area contributed by atoms with Crippen LogP contribution < -0.4 is 10.6 Å². The number of alkyl halides is 3. The molecule has 0 bridgehead atoms. The van der Waals surface area contributed by atoms with Crippen molar-refractivity contribution in [2.75, 3.05) is 24.5 Å². The number of rotatable bonds is 10. The number of nitrogens with two attached hydrogens (primary N) is 1. The lowest BCUT2D eigenvalue weighted by Crippen LogP contribution is -2.42. The number of halogens is 3. The van der Waals surface area contributed by atoms with E-state index in [1.54, 1.807) is 4.90 Å². The minimum absolute atomic E-state index is 0.0358. The number of fused-ring (bicyclic) bond motifs is 1. The minimum Gasteiger partial charge on any atom is -0.481 e. The van der Waals surface area contributed by atoms with Crippen molar-refractivity contribution in [1.29, 1.82) is 0 Å². The quantitative estimate of drug-likeness (QED) is 0.288. The fourth-order valence-corrected chi connectivity index (χ4v) is 4.67. The Balaban J connectivity index is 0.000000646. The van der Waals surface area contributed by atoms with Gasteiger partial charge < -0.3 is 20.8 Å². The molecule has 1 aliphatic rings. The highest BCUT2D eigenvalue weighted by Gasteiger charge is 2.38. The van der Waals surface area contributed by atoms with Gasteiger partial charge in [0.25, 0.3) is 5.91 Å². The van der Waals surface area contributed by atoms with Gasteiger partial charge in [0.2, 0.25) is 5.91 Å². The van der Waals surface area contributed by atoms with E-state index in [2.05, 4.69) is 0 Å². The summed E-state index contributed by atoms with van der Waals surface area (Å²) in [6, 6.07) is 24.7. The largest absolute Gasteiger partial charge is 0.490 e. The van der Waals surface area contributed by atoms with Crippen LogP contribution in [-0.4, -0.2) is 64.7 Å². The number of carbonyl (C=O) groups is 4. The number of benzene rings is 3. The van der Waals surface area contributed by atoms with E-state index in [1.807, 2.05) is 78.9 Å². The van der Waals surface area contributed by atoms with Gasteiger partial charge in [0, 0.05) is 6.54 Å². The van der Waals surface area contributed by atoms with Crippen molar-refractivity contribution in [3.05, 3.63) is 101 Å². The van der Waals surface area contributed by atoms with E-state index in [9.17, 15) is 32.7 Å². The normalized spacial score (nSPS) is 13.2. The number of unbranched alkanes of at least 4 members (excludes halogenated alkanes) is 1. The van der Waals surface area contributed by atoms with Crippen molar-refractivity contribution < 1.29 is 42.6 Å². The maximum atomic E-state index is 13.8. The topological polar surface area (TPSA) is 141 Å². The lowest BCUT2D eigenvalue weighted by atomic mass is 9.95. The summed E-state index contributed by atoms with van der Waals surface area (Å²) < 4.78 is 31.7. The smallest absolute Gasteiger partial charge is 0.481 e. The Morgan fingerprint density at radius 2 is 1.44 bits per heavy atom. The molecule has 1 heterocycles. The molecule has 4 N–H and O–H groups in total. The number of aliphatic carboxylic acids is 2. The molecule has 0 spiro atoms. The zero-order valence-corrected chi connectivity index (χ0v) is 23.2. The Hall–Kier alpha value is -4.71. The monoisotopic (exact) mass is 599 g/mol. The van der Waals surface area contributed by atoms with Gasteiger partial charge in [-0.3, -0.25) is 19.3 Å². The van der Waals surface area contributed by atoms with Crippen LogP contribution in [0.15, 0.2) is 78.9 Å². The number of hydrogen-bond acceptors (Lipinski definition) is 5. The molecule has 3 aromatic rings. The Morgan fingerprint density at radius 1 is 0.884 bits per heavy atom. The molecular weight excluding hydrogens is 567 g/mol. The SMILES string of the molecule is NCCCCc1ccc2c(c1)C(=O)N(CCC(=O)O)CC(=O)N2C(c1ccccc1)c1ccccc1.O=C(O)C(F)(F)F. The Bertz CT molecular complexity index is 1380. The second-order valence-corrected chi connectivity index (χ2v) is 9.76. The maximum Gasteiger partial charge on any atom is 0.490 e. The van der Waals surface area contributed by atoms with Crippen LogP contribution >= 0.6 is 0 Å². The summed E-state index contributed by atoms with van der Waals surface area (Å²) in [5.41, 5.74) is 9.41. The predicted molar refractivity (Wildman–Crippen MR) is 152 cm³/mol. The lowest BCUT2D eigenvalue weighted by molar-refractivity contribution is -0.192. The molecule has 0 unspecified atom stereocenters. The standard InChI is InChI=1S/C29H31N3O4.C2HF3O2/c30-17-8-7-9-21-14-15-25-24(19-21)29(36)31(18-16-27(34)35)20-26(33)32(25)28(22-10-3-1-4-11-22)23-12-5-2-6-13-23;3-2(4,5)1(6)7/h1-6,10-15,19,28H,7-9,16-18,20,30H2,(H,34,35);(H,6,7). The first kappa shape index (κ1) is 32.8. The third-order valence-corrected chi connectivity index (χ3v) is 6.68. The van der Waals surface area contributed by atoms with E-state index in [0.29, 0.717) is 17.8 Å². The highest BCUT2D eigenvalue weighted by atomic mass is 19.4. The molecule has 0 saturated heterocycles. The molecule has 0 fully saturated rings. The number of aryl methyl sites for hydroxylation is 1. The molecule has 0 radical (unpaired) electrons. The van der Waals surface area contributed by atoms with E-state index in [-0.39, 0.29) is 31.3 Å². The average molecular weight is 600 g/mol. The van der Waals surface area contributed by atoms with Crippen molar-refractivity contribution in [3.8, 4) is 0 Å². The molecule has 4 rings (SSSR count). The van der Waals surface area contributed by atoms with Gasteiger partial charge in [0.15, 0.2) is 0 Å². The van der Waals surface area contributed by atoms with Crippen LogP contribution in [0.3, 0.4) is 0 Å². The molecule has 0 aliphatic carbocycles. The summed E-state index contributed by atoms with van der Waals surface area (Å²) >= 11 is 0. The zero-order valence-electron chi connectivity index (χ0n) is 23.2. The molecule has 43 heavy (non-hydrogen) atoms. The fraction of sp³-hybridized carbons (Fsp3) is 0.290. The Kier molecular flexibility index (Phi) is 11.4. The van der Waals surface area contributed by atoms with Gasteiger partial charge in [-0.25, -0.2) is 4.79 Å². The first-order valence-corrected chi connectivity index (χ1v) is 13.5.